The maximum atomic E-state index is 13.4. The molecule has 0 aliphatic carbocycles. The minimum absolute atomic E-state index is 0.245. The second-order valence-electron chi connectivity index (χ2n) is 4.70. The summed E-state index contributed by atoms with van der Waals surface area (Å²) in [6, 6.07) is 10.7. The van der Waals surface area contributed by atoms with Crippen molar-refractivity contribution in [2.24, 2.45) is 5.73 Å². The molecule has 0 aromatic heterocycles. The maximum Gasteiger partial charge on any atom is 0.248 e. The van der Waals surface area contributed by atoms with Crippen LogP contribution in [0.15, 0.2) is 42.5 Å². The molecule has 0 radical (unpaired) electrons. The van der Waals surface area contributed by atoms with Gasteiger partial charge in [-0.25, -0.2) is 4.39 Å². The molecule has 0 fully saturated rings. The van der Waals surface area contributed by atoms with Crippen LogP contribution >= 0.6 is 11.6 Å². The van der Waals surface area contributed by atoms with Crippen molar-refractivity contribution in [2.75, 3.05) is 4.90 Å². The first-order valence-electron chi connectivity index (χ1n) is 6.18. The van der Waals surface area contributed by atoms with Crippen LogP contribution in [0, 0.1) is 5.82 Å². The van der Waals surface area contributed by atoms with Crippen molar-refractivity contribution in [2.45, 2.75) is 12.6 Å². The minimum Gasteiger partial charge on any atom is -0.316 e. The van der Waals surface area contributed by atoms with Gasteiger partial charge in [0.1, 0.15) is 11.9 Å². The number of amides is 1. The predicted octanol–water partition coefficient (Wildman–Crippen LogP) is 3.03. The number of nitrogens with two attached hydrogens (primary N) is 1. The lowest BCUT2D eigenvalue weighted by atomic mass is 10.1. The smallest absolute Gasteiger partial charge is 0.248 e. The normalized spacial score (nSPS) is 17.4. The highest BCUT2D eigenvalue weighted by Crippen LogP contribution is 2.36. The van der Waals surface area contributed by atoms with Crippen LogP contribution in [0.1, 0.15) is 17.2 Å². The minimum atomic E-state index is -0.743. The third-order valence-electron chi connectivity index (χ3n) is 3.44. The van der Waals surface area contributed by atoms with Crippen LogP contribution in [-0.2, 0) is 11.3 Å². The van der Waals surface area contributed by atoms with E-state index in [0.29, 0.717) is 16.3 Å². The average Bonchev–Trinajstić information content (AvgIpc) is 2.66. The number of carbonyl (C=O) groups is 1. The molecule has 0 saturated carbocycles. The number of rotatable bonds is 2. The first-order valence-corrected chi connectivity index (χ1v) is 6.55. The zero-order valence-corrected chi connectivity index (χ0v) is 11.3. The Bertz CT molecular complexity index is 689. The highest BCUT2D eigenvalue weighted by molar-refractivity contribution is 6.31. The molecule has 0 saturated heterocycles. The second-order valence-corrected chi connectivity index (χ2v) is 5.10. The lowest BCUT2D eigenvalue weighted by Crippen LogP contribution is -2.31. The fourth-order valence-electron chi connectivity index (χ4n) is 2.39. The Labute approximate surface area is 120 Å². The maximum absolute atomic E-state index is 13.4. The van der Waals surface area contributed by atoms with Gasteiger partial charge in [-0.15, -0.1) is 0 Å². The van der Waals surface area contributed by atoms with Gasteiger partial charge in [-0.3, -0.25) is 4.79 Å². The van der Waals surface area contributed by atoms with Gasteiger partial charge in [0.2, 0.25) is 5.91 Å². The number of nitrogens with zero attached hydrogens (tertiary/aromatic N) is 1. The molecule has 0 bridgehead atoms. The molecule has 1 unspecified atom stereocenters. The summed E-state index contributed by atoms with van der Waals surface area (Å²) in [6.07, 6.45) is 0. The molecule has 20 heavy (non-hydrogen) atoms. The van der Waals surface area contributed by atoms with Gasteiger partial charge < -0.3 is 10.6 Å². The molecule has 2 aromatic rings. The van der Waals surface area contributed by atoms with E-state index in [4.69, 9.17) is 17.3 Å². The Morgan fingerprint density at radius 3 is 2.75 bits per heavy atom. The van der Waals surface area contributed by atoms with Gasteiger partial charge in [0.05, 0.1) is 12.2 Å². The highest BCUT2D eigenvalue weighted by atomic mass is 35.5. The van der Waals surface area contributed by atoms with Crippen LogP contribution in [0.5, 0.6) is 0 Å². The van der Waals surface area contributed by atoms with E-state index in [1.807, 2.05) is 18.2 Å². The summed E-state index contributed by atoms with van der Waals surface area (Å²) in [5.74, 6) is -0.639. The molecular weight excluding hydrogens is 279 g/mol. The first-order chi connectivity index (χ1) is 9.58. The standard InChI is InChI=1S/C15H12ClFN2O/c16-12-4-2-1-3-9(12)8-19-13-7-10(17)5-6-11(13)14(18)15(19)20/h1-7,14H,8,18H2. The van der Waals surface area contributed by atoms with E-state index in [-0.39, 0.29) is 12.5 Å². The molecule has 5 heteroatoms. The van der Waals surface area contributed by atoms with Crippen LogP contribution in [0.3, 0.4) is 0 Å². The zero-order valence-electron chi connectivity index (χ0n) is 10.5. The lowest BCUT2D eigenvalue weighted by molar-refractivity contribution is -0.119. The Balaban J connectivity index is 2.01. The monoisotopic (exact) mass is 290 g/mol. The van der Waals surface area contributed by atoms with Crippen LogP contribution in [0.2, 0.25) is 5.02 Å². The third-order valence-corrected chi connectivity index (χ3v) is 3.81. The zero-order chi connectivity index (χ0) is 14.3. The SMILES string of the molecule is NC1C(=O)N(Cc2ccccc2Cl)c2cc(F)ccc21. The van der Waals surface area contributed by atoms with Gasteiger partial charge in [-0.1, -0.05) is 35.9 Å². The van der Waals surface area contributed by atoms with Crippen molar-refractivity contribution in [1.29, 1.82) is 0 Å². The third kappa shape index (κ3) is 2.07. The summed E-state index contributed by atoms with van der Waals surface area (Å²) < 4.78 is 13.4. The van der Waals surface area contributed by atoms with Crippen LogP contribution < -0.4 is 10.6 Å². The summed E-state index contributed by atoms with van der Waals surface area (Å²) in [5, 5.41) is 0.568. The quantitative estimate of drug-likeness (QED) is 0.924. The van der Waals surface area contributed by atoms with Gasteiger partial charge in [0.25, 0.3) is 0 Å². The fourth-order valence-corrected chi connectivity index (χ4v) is 2.59. The molecule has 1 atom stereocenters. The van der Waals surface area contributed by atoms with Crippen molar-refractivity contribution in [3.8, 4) is 0 Å². The van der Waals surface area contributed by atoms with E-state index in [1.54, 1.807) is 12.1 Å². The van der Waals surface area contributed by atoms with Crippen molar-refractivity contribution in [3.05, 3.63) is 64.4 Å². The number of carbonyl (C=O) groups excluding carboxylic acids is 1. The Morgan fingerprint density at radius 1 is 1.25 bits per heavy atom. The Morgan fingerprint density at radius 2 is 2.00 bits per heavy atom. The van der Waals surface area contributed by atoms with E-state index >= 15 is 0 Å². The lowest BCUT2D eigenvalue weighted by Gasteiger charge is -2.18. The molecule has 1 heterocycles. The van der Waals surface area contributed by atoms with Gasteiger partial charge >= 0.3 is 0 Å². The van der Waals surface area contributed by atoms with Gasteiger partial charge in [-0.2, -0.15) is 0 Å². The van der Waals surface area contributed by atoms with Crippen molar-refractivity contribution in [3.63, 3.8) is 0 Å². The number of benzene rings is 2. The topological polar surface area (TPSA) is 46.3 Å². The number of hydrogen-bond donors (Lipinski definition) is 1. The average molecular weight is 291 g/mol. The van der Waals surface area contributed by atoms with E-state index < -0.39 is 11.9 Å². The summed E-state index contributed by atoms with van der Waals surface area (Å²) in [6.45, 7) is 0.280. The summed E-state index contributed by atoms with van der Waals surface area (Å²) in [7, 11) is 0. The molecule has 3 nitrogen and oxygen atoms in total. The van der Waals surface area contributed by atoms with E-state index in [2.05, 4.69) is 0 Å². The van der Waals surface area contributed by atoms with E-state index in [9.17, 15) is 9.18 Å². The summed E-state index contributed by atoms with van der Waals surface area (Å²) in [5.41, 5.74) is 7.83. The number of hydrogen-bond acceptors (Lipinski definition) is 2. The van der Waals surface area contributed by atoms with Crippen molar-refractivity contribution in [1.82, 2.24) is 0 Å². The summed E-state index contributed by atoms with van der Waals surface area (Å²) in [4.78, 5) is 13.7. The van der Waals surface area contributed by atoms with Crippen molar-refractivity contribution < 1.29 is 9.18 Å². The van der Waals surface area contributed by atoms with Crippen LogP contribution in [-0.4, -0.2) is 5.91 Å². The first kappa shape index (κ1) is 13.1. The van der Waals surface area contributed by atoms with Crippen molar-refractivity contribution >= 4 is 23.2 Å². The Hall–Kier alpha value is -1.91. The number of anilines is 1. The van der Waals surface area contributed by atoms with Gasteiger partial charge in [0.15, 0.2) is 0 Å². The molecule has 3 rings (SSSR count). The van der Waals surface area contributed by atoms with Gasteiger partial charge in [-0.05, 0) is 23.8 Å². The van der Waals surface area contributed by atoms with E-state index in [0.717, 1.165) is 5.56 Å². The molecular formula is C15H12ClFN2O. The number of halogens is 2. The molecule has 1 amide bonds. The van der Waals surface area contributed by atoms with Gasteiger partial charge in [0, 0.05) is 10.6 Å². The molecule has 2 N–H and O–H groups in total. The Kier molecular flexibility index (Phi) is 3.20. The number of fused-ring (bicyclic) bond motifs is 1. The predicted molar refractivity (Wildman–Crippen MR) is 76.0 cm³/mol. The van der Waals surface area contributed by atoms with Crippen LogP contribution in [0.25, 0.3) is 0 Å². The molecule has 2 aromatic carbocycles. The molecule has 102 valence electrons. The highest BCUT2D eigenvalue weighted by Gasteiger charge is 2.35. The second kappa shape index (κ2) is 4.89. The molecule has 0 spiro atoms. The fraction of sp³-hybridized carbons (Fsp3) is 0.133. The summed E-state index contributed by atoms with van der Waals surface area (Å²) >= 11 is 6.10. The largest absolute Gasteiger partial charge is 0.316 e. The molecule has 1 aliphatic heterocycles. The van der Waals surface area contributed by atoms with E-state index in [1.165, 1.54) is 17.0 Å². The van der Waals surface area contributed by atoms with Crippen LogP contribution in [0.4, 0.5) is 10.1 Å². The molecule has 1 aliphatic rings.